The summed E-state index contributed by atoms with van der Waals surface area (Å²) in [6.45, 7) is 13.9. The van der Waals surface area contributed by atoms with Gasteiger partial charge in [0.15, 0.2) is 0 Å². The molecule has 0 aliphatic heterocycles. The van der Waals surface area contributed by atoms with Crippen molar-refractivity contribution < 1.29 is 33.7 Å². The van der Waals surface area contributed by atoms with E-state index < -0.39 is 23.6 Å². The number of carbonyl (C=O) groups is 3. The lowest BCUT2D eigenvalue weighted by atomic mass is 9.92. The molecule has 0 atom stereocenters. The topological polar surface area (TPSA) is 123 Å². The van der Waals surface area contributed by atoms with Crippen molar-refractivity contribution in [1.82, 2.24) is 0 Å². The number of rotatable bonds is 12. The van der Waals surface area contributed by atoms with Crippen LogP contribution in [0.1, 0.15) is 103 Å². The third-order valence-electron chi connectivity index (χ3n) is 6.35. The van der Waals surface area contributed by atoms with Gasteiger partial charge in [-0.15, -0.1) is 0 Å². The van der Waals surface area contributed by atoms with Crippen LogP contribution in [0, 0.1) is 0 Å². The Bertz CT molecular complexity index is 1210. The summed E-state index contributed by atoms with van der Waals surface area (Å²) in [4.78, 5) is 38.9. The Hall–Kier alpha value is -3.43. The van der Waals surface area contributed by atoms with Crippen LogP contribution in [0.3, 0.4) is 0 Å². The van der Waals surface area contributed by atoms with E-state index in [-0.39, 0.29) is 24.0 Å². The van der Waals surface area contributed by atoms with Crippen LogP contribution in [0.5, 0.6) is 0 Å². The first kappa shape index (κ1) is 32.8. The molecule has 0 bridgehead atoms. The van der Waals surface area contributed by atoms with Gasteiger partial charge in [0, 0.05) is 31.2 Å². The quantitative estimate of drug-likeness (QED) is 0.269. The number of amides is 2. The highest BCUT2D eigenvalue weighted by Gasteiger charge is 2.24. The number of hydrogen-bond acceptors (Lipinski definition) is 6. The van der Waals surface area contributed by atoms with Crippen molar-refractivity contribution in [3.05, 3.63) is 57.6 Å². The van der Waals surface area contributed by atoms with Crippen LogP contribution in [-0.2, 0) is 27.1 Å². The molecule has 0 fully saturated rings. The zero-order chi connectivity index (χ0) is 30.2. The second-order valence-corrected chi connectivity index (χ2v) is 11.4. The van der Waals surface area contributed by atoms with Gasteiger partial charge in [0.2, 0.25) is 0 Å². The fourth-order valence-electron chi connectivity index (χ4n) is 4.22. The molecule has 3 N–H and O–H groups in total. The molecule has 2 aromatic carbocycles. The number of methoxy groups -OCH3 is 2. The molecule has 0 aliphatic rings. The minimum absolute atomic E-state index is 0.0383. The van der Waals surface area contributed by atoms with Crippen molar-refractivity contribution in [1.29, 1.82) is 0 Å². The molecular weight excluding hydrogens is 512 g/mol. The first-order valence-electron chi connectivity index (χ1n) is 13.5. The Morgan fingerprint density at radius 2 is 1.23 bits per heavy atom. The molecule has 0 aromatic heterocycles. The van der Waals surface area contributed by atoms with Crippen molar-refractivity contribution in [3.63, 3.8) is 0 Å². The van der Waals surface area contributed by atoms with E-state index in [2.05, 4.69) is 10.6 Å². The SMILES string of the molecule is COCCc1c(NC(=O)c2cc(C(C)C)cc(NC(=O)OC(C)(C)C)c2CCOC)cc(C(C)C)cc1C(=O)O. The van der Waals surface area contributed by atoms with E-state index in [1.165, 1.54) is 0 Å². The van der Waals surface area contributed by atoms with Gasteiger partial charge in [-0.3, -0.25) is 10.1 Å². The fraction of sp³-hybridized carbons (Fsp3) is 0.516. The largest absolute Gasteiger partial charge is 0.478 e. The Labute approximate surface area is 237 Å². The summed E-state index contributed by atoms with van der Waals surface area (Å²) in [5.74, 6) is -1.40. The summed E-state index contributed by atoms with van der Waals surface area (Å²) >= 11 is 0. The molecule has 0 radical (unpaired) electrons. The highest BCUT2D eigenvalue weighted by atomic mass is 16.6. The highest BCUT2D eigenvalue weighted by Crippen LogP contribution is 2.32. The molecule has 9 heteroatoms. The zero-order valence-corrected chi connectivity index (χ0v) is 25.2. The summed E-state index contributed by atoms with van der Waals surface area (Å²) in [5.41, 5.74) is 3.37. The third-order valence-corrected chi connectivity index (χ3v) is 6.35. The molecule has 2 amide bonds. The molecule has 9 nitrogen and oxygen atoms in total. The molecule has 0 unspecified atom stereocenters. The predicted octanol–water partition coefficient (Wildman–Crippen LogP) is 6.61. The van der Waals surface area contributed by atoms with Gasteiger partial charge in [-0.2, -0.15) is 0 Å². The van der Waals surface area contributed by atoms with E-state index in [1.807, 2.05) is 45.9 Å². The lowest BCUT2D eigenvalue weighted by Crippen LogP contribution is -2.28. The second-order valence-electron chi connectivity index (χ2n) is 11.4. The lowest BCUT2D eigenvalue weighted by molar-refractivity contribution is 0.0633. The van der Waals surface area contributed by atoms with Crippen LogP contribution in [0.15, 0.2) is 24.3 Å². The Kier molecular flexibility index (Phi) is 11.7. The maximum atomic E-state index is 14.0. The molecule has 0 spiro atoms. The summed E-state index contributed by atoms with van der Waals surface area (Å²) < 4.78 is 16.0. The van der Waals surface area contributed by atoms with Gasteiger partial charge in [-0.1, -0.05) is 27.7 Å². The molecule has 40 heavy (non-hydrogen) atoms. The van der Waals surface area contributed by atoms with Gasteiger partial charge in [-0.25, -0.2) is 9.59 Å². The van der Waals surface area contributed by atoms with Gasteiger partial charge in [0.1, 0.15) is 5.60 Å². The zero-order valence-electron chi connectivity index (χ0n) is 25.2. The van der Waals surface area contributed by atoms with Crippen LogP contribution < -0.4 is 10.6 Å². The van der Waals surface area contributed by atoms with Crippen molar-refractivity contribution in [2.24, 2.45) is 0 Å². The van der Waals surface area contributed by atoms with Gasteiger partial charge >= 0.3 is 12.1 Å². The lowest BCUT2D eigenvalue weighted by Gasteiger charge is -2.23. The van der Waals surface area contributed by atoms with Crippen LogP contribution in [0.25, 0.3) is 0 Å². The summed E-state index contributed by atoms with van der Waals surface area (Å²) in [6, 6.07) is 7.13. The minimum Gasteiger partial charge on any atom is -0.478 e. The van der Waals surface area contributed by atoms with Crippen LogP contribution in [-0.4, -0.2) is 56.1 Å². The normalized spacial score (nSPS) is 11.6. The maximum absolute atomic E-state index is 14.0. The molecular formula is C31H44N2O7. The van der Waals surface area contributed by atoms with Crippen molar-refractivity contribution in [2.75, 3.05) is 38.1 Å². The van der Waals surface area contributed by atoms with E-state index in [0.717, 1.165) is 11.1 Å². The Balaban J connectivity index is 2.69. The summed E-state index contributed by atoms with van der Waals surface area (Å²) in [5, 5.41) is 15.8. The standard InChI is InChI=1S/C31H44N2O7/c1-18(2)20-14-24(22(10-12-38-8)27(17-20)33-30(37)40-31(5,6)7)28(34)32-26-16-21(19(3)4)15-25(29(35)36)23(26)11-13-39-9/h14-19H,10-13H2,1-9H3,(H,32,34)(H,33,37)(H,35,36). The van der Waals surface area contributed by atoms with Gasteiger partial charge in [0.25, 0.3) is 5.91 Å². The Morgan fingerprint density at radius 1 is 0.775 bits per heavy atom. The number of anilines is 2. The molecule has 0 saturated carbocycles. The first-order chi connectivity index (χ1) is 18.7. The van der Waals surface area contributed by atoms with Crippen molar-refractivity contribution in [3.8, 4) is 0 Å². The maximum Gasteiger partial charge on any atom is 0.412 e. The predicted molar refractivity (Wildman–Crippen MR) is 157 cm³/mol. The average molecular weight is 557 g/mol. The van der Waals surface area contributed by atoms with E-state index in [9.17, 15) is 19.5 Å². The van der Waals surface area contributed by atoms with E-state index >= 15 is 0 Å². The number of ether oxygens (including phenoxy) is 3. The number of benzene rings is 2. The molecule has 0 saturated heterocycles. The molecule has 2 aromatic rings. The van der Waals surface area contributed by atoms with E-state index in [1.54, 1.807) is 41.1 Å². The second kappa shape index (κ2) is 14.3. The van der Waals surface area contributed by atoms with Crippen LogP contribution >= 0.6 is 0 Å². The average Bonchev–Trinajstić information content (AvgIpc) is 2.84. The first-order valence-corrected chi connectivity index (χ1v) is 13.5. The summed E-state index contributed by atoms with van der Waals surface area (Å²) in [6.07, 6.45) is 0.0299. The third kappa shape index (κ3) is 9.06. The summed E-state index contributed by atoms with van der Waals surface area (Å²) in [7, 11) is 3.11. The van der Waals surface area contributed by atoms with Crippen molar-refractivity contribution in [2.45, 2.75) is 78.7 Å². The van der Waals surface area contributed by atoms with Crippen LogP contribution in [0.4, 0.5) is 16.2 Å². The minimum atomic E-state index is -1.07. The smallest absolute Gasteiger partial charge is 0.412 e. The van der Waals surface area contributed by atoms with E-state index in [4.69, 9.17) is 14.2 Å². The fourth-order valence-corrected chi connectivity index (χ4v) is 4.22. The van der Waals surface area contributed by atoms with Crippen LogP contribution in [0.2, 0.25) is 0 Å². The number of carbonyl (C=O) groups excluding carboxylic acids is 2. The number of hydrogen-bond donors (Lipinski definition) is 3. The monoisotopic (exact) mass is 556 g/mol. The number of carboxylic acids is 1. The number of nitrogens with one attached hydrogen (secondary N) is 2. The highest BCUT2D eigenvalue weighted by molar-refractivity contribution is 6.08. The molecule has 0 aliphatic carbocycles. The number of carboxylic acid groups (broad SMARTS) is 1. The molecule has 2 rings (SSSR count). The molecule has 0 heterocycles. The van der Waals surface area contributed by atoms with Gasteiger partial charge in [-0.05, 0) is 92.0 Å². The Morgan fingerprint density at radius 3 is 1.65 bits per heavy atom. The van der Waals surface area contributed by atoms with Gasteiger partial charge in [0.05, 0.1) is 18.8 Å². The van der Waals surface area contributed by atoms with E-state index in [0.29, 0.717) is 47.5 Å². The van der Waals surface area contributed by atoms with Gasteiger partial charge < -0.3 is 24.6 Å². The molecule has 220 valence electrons. The number of aromatic carboxylic acids is 1. The van der Waals surface area contributed by atoms with Crippen molar-refractivity contribution >= 4 is 29.3 Å².